The van der Waals surface area contributed by atoms with Crippen LogP contribution in [0, 0.1) is 0 Å². The standard InChI is InChI=1S/3C44H28O/c1-2-13-29(14-3-1)30-15-10-17-32(27-30)42-36-20-4-6-22-38(36)43(39-23-7-5-21-37(39)42)33-18-11-16-31(28-33)34-24-12-25-40-35-19-8-9-26-41(35)45-44(34)40;1-2-14-29(15-3-1)30-16-12-17-31(28-30)42-35-21-6-8-23-37(35)43(38-24-9-7-22-36(38)42)34-20-5-4-18-32(34)39-25-13-26-40-33-19-10-11-27-41(33)45-44(39)40;1-2-13-29(14-3-1)30-25-27-31(28-26-30)42-35-18-6-8-20-37(35)43(38-21-9-7-19-36(38)42)34-17-5-4-15-32(34)39-22-12-23-40-33-16-10-11-24-41(33)45-44(39)40/h3*1-28H. The van der Waals surface area contributed by atoms with E-state index >= 15 is 0 Å². The first-order valence-corrected chi connectivity index (χ1v) is 46.3. The van der Waals surface area contributed by atoms with Gasteiger partial charge in [-0.05, 0) is 218 Å². The molecule has 27 aromatic rings. The molecule has 0 spiro atoms. The molecular formula is C132H84O3. The minimum Gasteiger partial charge on any atom is -0.455 e. The lowest BCUT2D eigenvalue weighted by atomic mass is 9.83. The van der Waals surface area contributed by atoms with Crippen molar-refractivity contribution in [2.24, 2.45) is 0 Å². The summed E-state index contributed by atoms with van der Waals surface area (Å²) in [4.78, 5) is 0. The lowest BCUT2D eigenvalue weighted by Crippen LogP contribution is -1.93. The minimum absolute atomic E-state index is 0.912. The summed E-state index contributed by atoms with van der Waals surface area (Å²) in [7, 11) is 0. The number of benzene rings is 24. The summed E-state index contributed by atoms with van der Waals surface area (Å²) in [5, 5.41) is 21.8. The van der Waals surface area contributed by atoms with Crippen molar-refractivity contribution in [1.29, 1.82) is 0 Å². The molecule has 3 heteroatoms. The molecule has 27 rings (SSSR count). The molecule has 135 heavy (non-hydrogen) atoms. The van der Waals surface area contributed by atoms with Gasteiger partial charge in [0.15, 0.2) is 0 Å². The van der Waals surface area contributed by atoms with Crippen molar-refractivity contribution in [2.45, 2.75) is 0 Å². The molecule has 3 heterocycles. The van der Waals surface area contributed by atoms with Gasteiger partial charge in [0.2, 0.25) is 0 Å². The number of hydrogen-bond donors (Lipinski definition) is 0. The molecule has 3 aromatic heterocycles. The average Bonchev–Trinajstić information content (AvgIpc) is 1.23. The van der Waals surface area contributed by atoms with Crippen molar-refractivity contribution >= 4 is 130 Å². The summed E-state index contributed by atoms with van der Waals surface area (Å²) in [6, 6.07) is 183. The Labute approximate surface area is 781 Å². The van der Waals surface area contributed by atoms with Gasteiger partial charge >= 0.3 is 0 Å². The second kappa shape index (κ2) is 33.9. The zero-order valence-corrected chi connectivity index (χ0v) is 73.7. The van der Waals surface area contributed by atoms with Gasteiger partial charge in [0.25, 0.3) is 0 Å². The Kier molecular flexibility index (Phi) is 20.0. The lowest BCUT2D eigenvalue weighted by Gasteiger charge is -2.20. The third-order valence-electron chi connectivity index (χ3n) is 27.2. The quantitative estimate of drug-likeness (QED) is 0.114. The summed E-state index contributed by atoms with van der Waals surface area (Å²) in [6.45, 7) is 0. The third-order valence-corrected chi connectivity index (χ3v) is 27.2. The molecule has 0 amide bonds. The fraction of sp³-hybridized carbons (Fsp3) is 0. The van der Waals surface area contributed by atoms with Gasteiger partial charge < -0.3 is 13.3 Å². The Hall–Kier alpha value is -17.8. The van der Waals surface area contributed by atoms with Crippen LogP contribution in [0.15, 0.2) is 523 Å². The Morgan fingerprint density at radius 2 is 0.289 bits per heavy atom. The molecule has 0 saturated carbocycles. The maximum Gasteiger partial charge on any atom is 0.143 e. The van der Waals surface area contributed by atoms with Crippen LogP contribution in [-0.4, -0.2) is 0 Å². The van der Waals surface area contributed by atoms with E-state index in [4.69, 9.17) is 13.3 Å². The van der Waals surface area contributed by atoms with E-state index in [1.165, 1.54) is 165 Å². The van der Waals surface area contributed by atoms with Crippen molar-refractivity contribution in [3.63, 3.8) is 0 Å². The maximum atomic E-state index is 6.53. The van der Waals surface area contributed by atoms with E-state index in [1.807, 2.05) is 24.3 Å². The maximum absolute atomic E-state index is 6.53. The first-order chi connectivity index (χ1) is 67.0. The first kappa shape index (κ1) is 79.4. The molecule has 0 fully saturated rings. The predicted molar refractivity (Wildman–Crippen MR) is 571 cm³/mol. The van der Waals surface area contributed by atoms with Crippen molar-refractivity contribution in [1.82, 2.24) is 0 Å². The molecular weight excluding hydrogens is 1630 g/mol. The van der Waals surface area contributed by atoms with Crippen LogP contribution in [0.1, 0.15) is 0 Å². The number of fused-ring (bicyclic) bond motifs is 15. The average molecular weight is 1720 g/mol. The summed E-state index contributed by atoms with van der Waals surface area (Å²) < 4.78 is 19.5. The van der Waals surface area contributed by atoms with Crippen molar-refractivity contribution < 1.29 is 13.3 Å². The van der Waals surface area contributed by atoms with Gasteiger partial charge in [-0.3, -0.25) is 0 Å². The molecule has 3 nitrogen and oxygen atoms in total. The summed E-state index contributed by atoms with van der Waals surface area (Å²) in [5.41, 5.74) is 34.4. The molecule has 0 radical (unpaired) electrons. The number of hydrogen-bond acceptors (Lipinski definition) is 3. The number of rotatable bonds is 12. The Bertz CT molecular complexity index is 9110. The monoisotopic (exact) mass is 1720 g/mol. The fourth-order valence-electron chi connectivity index (χ4n) is 21.2. The minimum atomic E-state index is 0.912. The van der Waals surface area contributed by atoms with Crippen molar-refractivity contribution in [3.8, 4) is 134 Å². The SMILES string of the molecule is c1ccc(-c2ccc(-c3c4ccccc4c(-c4ccccc4-c4cccc5c4oc4ccccc45)c4ccccc34)cc2)cc1.c1ccc(-c2cccc(-c3c4ccccc4c(-c4cccc(-c5cccc6c5oc5ccccc56)c4)c4ccccc34)c2)cc1.c1ccc(-c2cccc(-c3c4ccccc4c(-c4ccccc4-c4cccc5c4oc4ccccc45)c4ccccc34)c2)cc1. The molecule has 0 unspecified atom stereocenters. The first-order valence-electron chi connectivity index (χ1n) is 46.3. The van der Waals surface area contributed by atoms with Crippen LogP contribution in [0.3, 0.4) is 0 Å². The Morgan fingerprint density at radius 3 is 0.622 bits per heavy atom. The van der Waals surface area contributed by atoms with Gasteiger partial charge in [0.1, 0.15) is 33.5 Å². The van der Waals surface area contributed by atoms with E-state index in [0.29, 0.717) is 0 Å². The van der Waals surface area contributed by atoms with Crippen molar-refractivity contribution in [3.05, 3.63) is 510 Å². The van der Waals surface area contributed by atoms with Crippen LogP contribution in [0.5, 0.6) is 0 Å². The Morgan fingerprint density at radius 1 is 0.0963 bits per heavy atom. The molecule has 0 aliphatic carbocycles. The van der Waals surface area contributed by atoms with E-state index in [0.717, 1.165) is 99.2 Å². The van der Waals surface area contributed by atoms with E-state index in [1.54, 1.807) is 0 Å². The highest BCUT2D eigenvalue weighted by Crippen LogP contribution is 2.53. The van der Waals surface area contributed by atoms with Gasteiger partial charge in [-0.2, -0.15) is 0 Å². The van der Waals surface area contributed by atoms with Crippen LogP contribution < -0.4 is 0 Å². The number of furan rings is 3. The molecule has 0 atom stereocenters. The lowest BCUT2D eigenvalue weighted by molar-refractivity contribution is 0.669. The van der Waals surface area contributed by atoms with Crippen LogP contribution >= 0.6 is 0 Å². The second-order valence-electron chi connectivity index (χ2n) is 34.9. The zero-order chi connectivity index (χ0) is 89.2. The van der Waals surface area contributed by atoms with Gasteiger partial charge in [-0.1, -0.05) is 473 Å². The molecule has 0 bridgehead atoms. The predicted octanol–water partition coefficient (Wildman–Crippen LogP) is 37.7. The molecule has 0 aliphatic heterocycles. The normalized spacial score (nSPS) is 11.6. The van der Waals surface area contributed by atoms with Crippen LogP contribution in [0.2, 0.25) is 0 Å². The smallest absolute Gasteiger partial charge is 0.143 e. The number of para-hydroxylation sites is 6. The van der Waals surface area contributed by atoms with Crippen molar-refractivity contribution in [2.75, 3.05) is 0 Å². The van der Waals surface area contributed by atoms with E-state index < -0.39 is 0 Å². The Balaban J connectivity index is 0.000000108. The summed E-state index contributed by atoms with van der Waals surface area (Å²) >= 11 is 0. The van der Waals surface area contributed by atoms with Crippen LogP contribution in [0.25, 0.3) is 264 Å². The highest BCUT2D eigenvalue weighted by Gasteiger charge is 2.26. The highest BCUT2D eigenvalue weighted by molar-refractivity contribution is 6.27. The molecule has 0 aliphatic rings. The third kappa shape index (κ3) is 14.0. The van der Waals surface area contributed by atoms with E-state index in [-0.39, 0.29) is 0 Å². The molecule has 24 aromatic carbocycles. The highest BCUT2D eigenvalue weighted by atomic mass is 16.3. The summed E-state index contributed by atoms with van der Waals surface area (Å²) in [6.07, 6.45) is 0. The van der Waals surface area contributed by atoms with Gasteiger partial charge in [-0.25, -0.2) is 0 Å². The molecule has 0 saturated heterocycles. The largest absolute Gasteiger partial charge is 0.455 e. The summed E-state index contributed by atoms with van der Waals surface area (Å²) in [5.74, 6) is 0. The van der Waals surface area contributed by atoms with E-state index in [2.05, 4.69) is 485 Å². The van der Waals surface area contributed by atoms with Gasteiger partial charge in [0, 0.05) is 49.0 Å². The molecule has 630 valence electrons. The topological polar surface area (TPSA) is 39.4 Å². The molecule has 0 N–H and O–H groups in total. The van der Waals surface area contributed by atoms with E-state index in [9.17, 15) is 0 Å². The zero-order valence-electron chi connectivity index (χ0n) is 73.7. The van der Waals surface area contributed by atoms with Gasteiger partial charge in [-0.15, -0.1) is 0 Å². The van der Waals surface area contributed by atoms with Crippen LogP contribution in [-0.2, 0) is 0 Å². The second-order valence-corrected chi connectivity index (χ2v) is 34.9. The fourth-order valence-corrected chi connectivity index (χ4v) is 21.2. The van der Waals surface area contributed by atoms with Crippen LogP contribution in [0.4, 0.5) is 0 Å². The van der Waals surface area contributed by atoms with Gasteiger partial charge in [0.05, 0.1) is 0 Å².